The van der Waals surface area contributed by atoms with Crippen molar-refractivity contribution in [2.45, 2.75) is 19.3 Å². The molecule has 1 heterocycles. The summed E-state index contributed by atoms with van der Waals surface area (Å²) in [5.74, 6) is -0.341. The molecular weight excluding hydrogens is 358 g/mol. The van der Waals surface area contributed by atoms with E-state index in [0.717, 1.165) is 19.3 Å². The summed E-state index contributed by atoms with van der Waals surface area (Å²) < 4.78 is 0. The van der Waals surface area contributed by atoms with Crippen LogP contribution in [0.4, 0.5) is 5.00 Å². The number of fused-ring (bicyclic) bond motifs is 1. The maximum Gasteiger partial charge on any atom is 0.256 e. The highest BCUT2D eigenvalue weighted by Gasteiger charge is 2.17. The fourth-order valence-corrected chi connectivity index (χ4v) is 3.65. The Morgan fingerprint density at radius 3 is 2.68 bits per heavy atom. The standard InChI is InChI=1S/C18H21N3O2S.ClH/c1-19-8-9-20-17(23)15-7-10-24-18(15)21-16(22)14-6-5-12-3-2-4-13(12)11-14;/h5-7,10-11,19H,2-4,8-9H2,1H3,(H,20,23)(H,21,22);1H. The normalized spacial score (nSPS) is 12.2. The molecule has 0 unspecified atom stereocenters. The van der Waals surface area contributed by atoms with E-state index >= 15 is 0 Å². The molecule has 0 saturated carbocycles. The number of rotatable bonds is 6. The van der Waals surface area contributed by atoms with E-state index in [-0.39, 0.29) is 24.2 Å². The van der Waals surface area contributed by atoms with Crippen molar-refractivity contribution >= 4 is 40.6 Å². The van der Waals surface area contributed by atoms with Crippen LogP contribution in [0.1, 0.15) is 38.3 Å². The van der Waals surface area contributed by atoms with Crippen LogP contribution in [-0.4, -0.2) is 32.0 Å². The number of carbonyl (C=O) groups excluding carboxylic acids is 2. The molecule has 5 nitrogen and oxygen atoms in total. The van der Waals surface area contributed by atoms with Crippen molar-refractivity contribution in [3.05, 3.63) is 51.9 Å². The van der Waals surface area contributed by atoms with Gasteiger partial charge in [-0.25, -0.2) is 0 Å². The topological polar surface area (TPSA) is 70.2 Å². The summed E-state index contributed by atoms with van der Waals surface area (Å²) in [5, 5.41) is 11.1. The van der Waals surface area contributed by atoms with Crippen LogP contribution >= 0.6 is 23.7 Å². The van der Waals surface area contributed by atoms with Crippen molar-refractivity contribution in [3.63, 3.8) is 0 Å². The van der Waals surface area contributed by atoms with E-state index in [1.54, 1.807) is 6.07 Å². The number of anilines is 1. The molecular formula is C18H22ClN3O2S. The van der Waals surface area contributed by atoms with Crippen molar-refractivity contribution in [3.8, 4) is 0 Å². The van der Waals surface area contributed by atoms with E-state index in [2.05, 4.69) is 16.0 Å². The first-order valence-electron chi connectivity index (χ1n) is 8.12. The number of benzene rings is 1. The lowest BCUT2D eigenvalue weighted by atomic mass is 10.1. The number of carbonyl (C=O) groups is 2. The van der Waals surface area contributed by atoms with Gasteiger partial charge in [0.2, 0.25) is 0 Å². The van der Waals surface area contributed by atoms with Gasteiger partial charge in [0.25, 0.3) is 11.8 Å². The Balaban J connectivity index is 0.00000225. The molecule has 1 aliphatic carbocycles. The number of aryl methyl sites for hydroxylation is 2. The van der Waals surface area contributed by atoms with Gasteiger partial charge in [-0.1, -0.05) is 6.07 Å². The molecule has 0 fully saturated rings. The van der Waals surface area contributed by atoms with E-state index in [1.807, 2.05) is 30.6 Å². The highest BCUT2D eigenvalue weighted by Crippen LogP contribution is 2.26. The SMILES string of the molecule is CNCCNC(=O)c1ccsc1NC(=O)c1ccc2c(c1)CCC2.Cl. The Labute approximate surface area is 157 Å². The van der Waals surface area contributed by atoms with E-state index in [4.69, 9.17) is 0 Å². The molecule has 2 aromatic rings. The molecule has 25 heavy (non-hydrogen) atoms. The fourth-order valence-electron chi connectivity index (χ4n) is 2.87. The summed E-state index contributed by atoms with van der Waals surface area (Å²) in [6.45, 7) is 1.25. The molecule has 0 radical (unpaired) electrons. The van der Waals surface area contributed by atoms with Gasteiger partial charge in [-0.15, -0.1) is 23.7 Å². The molecule has 0 spiro atoms. The Morgan fingerprint density at radius 1 is 1.08 bits per heavy atom. The molecule has 1 aromatic carbocycles. The first-order valence-corrected chi connectivity index (χ1v) is 9.00. The molecule has 7 heteroatoms. The maximum absolute atomic E-state index is 12.5. The first kappa shape index (κ1) is 19.4. The zero-order valence-corrected chi connectivity index (χ0v) is 15.7. The first-order chi connectivity index (χ1) is 11.7. The lowest BCUT2D eigenvalue weighted by Crippen LogP contribution is -2.30. The average Bonchev–Trinajstić information content (AvgIpc) is 3.23. The molecule has 2 amide bonds. The second kappa shape index (κ2) is 8.99. The van der Waals surface area contributed by atoms with Crippen LogP contribution in [0.3, 0.4) is 0 Å². The number of nitrogens with one attached hydrogen (secondary N) is 3. The number of hydrogen-bond donors (Lipinski definition) is 3. The van der Waals surface area contributed by atoms with Gasteiger partial charge in [0, 0.05) is 18.7 Å². The summed E-state index contributed by atoms with van der Waals surface area (Å²) in [6, 6.07) is 7.60. The smallest absolute Gasteiger partial charge is 0.256 e. The minimum atomic E-state index is -0.171. The van der Waals surface area contributed by atoms with Gasteiger partial charge in [-0.3, -0.25) is 9.59 Å². The third kappa shape index (κ3) is 4.60. The van der Waals surface area contributed by atoms with Gasteiger partial charge >= 0.3 is 0 Å². The molecule has 0 atom stereocenters. The Morgan fingerprint density at radius 2 is 1.88 bits per heavy atom. The van der Waals surface area contributed by atoms with Crippen LogP contribution in [-0.2, 0) is 12.8 Å². The number of hydrogen-bond acceptors (Lipinski definition) is 4. The van der Waals surface area contributed by atoms with Crippen LogP contribution in [0.15, 0.2) is 29.6 Å². The van der Waals surface area contributed by atoms with E-state index in [1.165, 1.54) is 22.5 Å². The largest absolute Gasteiger partial charge is 0.351 e. The van der Waals surface area contributed by atoms with Crippen LogP contribution in [0.2, 0.25) is 0 Å². The quantitative estimate of drug-likeness (QED) is 0.676. The van der Waals surface area contributed by atoms with Crippen LogP contribution < -0.4 is 16.0 Å². The second-order valence-corrected chi connectivity index (χ2v) is 6.73. The molecule has 0 aliphatic heterocycles. The second-order valence-electron chi connectivity index (χ2n) is 5.81. The lowest BCUT2D eigenvalue weighted by molar-refractivity contribution is 0.0955. The molecule has 134 valence electrons. The van der Waals surface area contributed by atoms with Crippen LogP contribution in [0, 0.1) is 0 Å². The zero-order valence-electron chi connectivity index (χ0n) is 14.1. The molecule has 0 saturated heterocycles. The average molecular weight is 380 g/mol. The number of halogens is 1. The summed E-state index contributed by atoms with van der Waals surface area (Å²) in [6.07, 6.45) is 3.29. The molecule has 3 N–H and O–H groups in total. The van der Waals surface area contributed by atoms with E-state index in [9.17, 15) is 9.59 Å². The fraction of sp³-hybridized carbons (Fsp3) is 0.333. The van der Waals surface area contributed by atoms with Crippen molar-refractivity contribution in [1.29, 1.82) is 0 Å². The van der Waals surface area contributed by atoms with Gasteiger partial charge < -0.3 is 16.0 Å². The zero-order chi connectivity index (χ0) is 16.9. The third-order valence-electron chi connectivity index (χ3n) is 4.16. The predicted molar refractivity (Wildman–Crippen MR) is 104 cm³/mol. The Bertz CT molecular complexity index is 761. The van der Waals surface area contributed by atoms with Gasteiger partial charge in [0.1, 0.15) is 5.00 Å². The summed E-state index contributed by atoms with van der Waals surface area (Å²) in [7, 11) is 1.83. The van der Waals surface area contributed by atoms with Crippen molar-refractivity contribution < 1.29 is 9.59 Å². The minimum Gasteiger partial charge on any atom is -0.351 e. The highest BCUT2D eigenvalue weighted by atomic mass is 35.5. The number of amides is 2. The van der Waals surface area contributed by atoms with Crippen LogP contribution in [0.5, 0.6) is 0 Å². The molecule has 1 aromatic heterocycles. The highest BCUT2D eigenvalue weighted by molar-refractivity contribution is 7.14. The maximum atomic E-state index is 12.5. The molecule has 0 bridgehead atoms. The lowest BCUT2D eigenvalue weighted by Gasteiger charge is -2.08. The minimum absolute atomic E-state index is 0. The van der Waals surface area contributed by atoms with Crippen molar-refractivity contribution in [2.75, 3.05) is 25.5 Å². The Kier molecular flexibility index (Phi) is 6.99. The van der Waals surface area contributed by atoms with E-state index in [0.29, 0.717) is 29.2 Å². The number of thiophene rings is 1. The predicted octanol–water partition coefficient (Wildman–Crippen LogP) is 2.86. The summed E-state index contributed by atoms with van der Waals surface area (Å²) in [4.78, 5) is 24.7. The van der Waals surface area contributed by atoms with E-state index < -0.39 is 0 Å². The molecule has 3 rings (SSSR count). The van der Waals surface area contributed by atoms with Gasteiger partial charge in [-0.05, 0) is 61.0 Å². The van der Waals surface area contributed by atoms with Gasteiger partial charge in [0.15, 0.2) is 0 Å². The van der Waals surface area contributed by atoms with Gasteiger partial charge in [0.05, 0.1) is 5.56 Å². The number of likely N-dealkylation sites (N-methyl/N-ethyl adjacent to an activating group) is 1. The third-order valence-corrected chi connectivity index (χ3v) is 4.99. The summed E-state index contributed by atoms with van der Waals surface area (Å²) >= 11 is 1.36. The Hall–Kier alpha value is -1.89. The van der Waals surface area contributed by atoms with Crippen molar-refractivity contribution in [1.82, 2.24) is 10.6 Å². The van der Waals surface area contributed by atoms with Crippen molar-refractivity contribution in [2.24, 2.45) is 0 Å². The molecule has 1 aliphatic rings. The van der Waals surface area contributed by atoms with Gasteiger partial charge in [-0.2, -0.15) is 0 Å². The summed E-state index contributed by atoms with van der Waals surface area (Å²) in [5.41, 5.74) is 3.75. The monoisotopic (exact) mass is 379 g/mol. The van der Waals surface area contributed by atoms with Crippen LogP contribution in [0.25, 0.3) is 0 Å².